The van der Waals surface area contributed by atoms with Crippen molar-refractivity contribution >= 4 is 23.6 Å². The Morgan fingerprint density at radius 1 is 0.634 bits per heavy atom. The average molecular weight is 985 g/mol. The number of hydrogen-bond acceptors (Lipinski definition) is 9. The summed E-state index contributed by atoms with van der Waals surface area (Å²) in [5.41, 5.74) is -0.153. The zero-order chi connectivity index (χ0) is 49.9. The molecular formula is C60H92N2O9. The van der Waals surface area contributed by atoms with E-state index >= 15 is 0 Å². The lowest BCUT2D eigenvalue weighted by molar-refractivity contribution is -0.273. The number of rotatable bonds is 5. The topological polar surface area (TPSA) is 130 Å². The number of carbonyl (C=O) groups excluding carboxylic acids is 4. The molecule has 0 aromatic heterocycles. The molecular weight excluding hydrogens is 893 g/mol. The van der Waals surface area contributed by atoms with Gasteiger partial charge in [-0.2, -0.15) is 0 Å². The summed E-state index contributed by atoms with van der Waals surface area (Å²) in [6.45, 7) is 23.9. The fourth-order valence-electron chi connectivity index (χ4n) is 21.9. The molecule has 12 fully saturated rings. The van der Waals surface area contributed by atoms with E-state index in [1.54, 1.807) is 13.8 Å². The van der Waals surface area contributed by atoms with Crippen molar-refractivity contribution in [2.45, 2.75) is 227 Å². The third-order valence-corrected chi connectivity index (χ3v) is 25.5. The highest BCUT2D eigenvalue weighted by molar-refractivity contribution is 5.87. The number of fused-ring (bicyclic) bond motifs is 14. The number of amides is 2. The molecule has 12 aliphatic rings. The van der Waals surface area contributed by atoms with Crippen LogP contribution in [0.15, 0.2) is 0 Å². The maximum absolute atomic E-state index is 14.8. The number of ether oxygens (including phenoxy) is 5. The summed E-state index contributed by atoms with van der Waals surface area (Å²) in [6.07, 6.45) is 17.9. The minimum atomic E-state index is -0.530. The van der Waals surface area contributed by atoms with Gasteiger partial charge < -0.3 is 33.9 Å². The van der Waals surface area contributed by atoms with Gasteiger partial charge in [0.15, 0.2) is 11.6 Å². The van der Waals surface area contributed by atoms with Crippen LogP contribution in [0.5, 0.6) is 0 Å². The Kier molecular flexibility index (Phi) is 12.1. The fraction of sp³-hybridized carbons (Fsp3) is 0.933. The third-order valence-electron chi connectivity index (χ3n) is 25.5. The van der Waals surface area contributed by atoms with Crippen molar-refractivity contribution in [3.05, 3.63) is 0 Å². The van der Waals surface area contributed by atoms with Crippen molar-refractivity contribution in [3.8, 4) is 0 Å². The maximum Gasteiger partial charge on any atom is 0.302 e. The molecule has 2 amide bonds. The van der Waals surface area contributed by atoms with Crippen molar-refractivity contribution in [1.29, 1.82) is 0 Å². The normalized spacial score (nSPS) is 55.7. The van der Waals surface area contributed by atoms with Crippen molar-refractivity contribution in [2.24, 2.45) is 105 Å². The third kappa shape index (κ3) is 7.31. The van der Waals surface area contributed by atoms with Gasteiger partial charge in [0.25, 0.3) is 0 Å². The van der Waals surface area contributed by atoms with E-state index in [0.29, 0.717) is 77.3 Å². The Hall–Kier alpha value is -2.08. The maximum atomic E-state index is 14.8. The molecule has 25 atom stereocenters. The van der Waals surface area contributed by atoms with Gasteiger partial charge in [0.1, 0.15) is 11.9 Å². The molecule has 12 rings (SSSR count). The van der Waals surface area contributed by atoms with Gasteiger partial charge in [-0.3, -0.25) is 19.2 Å². The number of Topliss-reactive ketones (excluding diaryl/α,β-unsaturated/α-hetero) is 1. The van der Waals surface area contributed by atoms with Gasteiger partial charge in [0.2, 0.25) is 11.8 Å². The van der Waals surface area contributed by atoms with Crippen LogP contribution in [0.1, 0.15) is 185 Å². The molecule has 11 nitrogen and oxygen atoms in total. The van der Waals surface area contributed by atoms with E-state index in [1.807, 2.05) is 4.90 Å². The summed E-state index contributed by atoms with van der Waals surface area (Å²) in [5.74, 6) is 4.89. The molecule has 4 aliphatic heterocycles. The lowest BCUT2D eigenvalue weighted by Crippen LogP contribution is -2.61. The molecule has 11 heteroatoms. The number of nitrogens with zero attached hydrogens (tertiary/aromatic N) is 1. The van der Waals surface area contributed by atoms with Gasteiger partial charge in [-0.1, -0.05) is 55.4 Å². The molecule has 8 saturated carbocycles. The first-order valence-corrected chi connectivity index (χ1v) is 29.5. The molecule has 0 radical (unpaired) electrons. The Morgan fingerprint density at radius 2 is 1.27 bits per heavy atom. The molecule has 0 bridgehead atoms. The zero-order valence-electron chi connectivity index (χ0n) is 45.4. The number of ketones is 1. The van der Waals surface area contributed by atoms with Crippen LogP contribution in [0.25, 0.3) is 0 Å². The van der Waals surface area contributed by atoms with Crippen LogP contribution in [-0.4, -0.2) is 90.2 Å². The van der Waals surface area contributed by atoms with Gasteiger partial charge in [-0.15, -0.1) is 0 Å². The van der Waals surface area contributed by atoms with E-state index in [0.717, 1.165) is 110 Å². The predicted octanol–water partition coefficient (Wildman–Crippen LogP) is 10.3. The summed E-state index contributed by atoms with van der Waals surface area (Å²) >= 11 is 0. The SMILES string of the molecule is CC(=O)O[C@@H]1C[C@@H]2[C@H](CC[C@]3(C)[C@@H]4[C@H](C[C@@H]23)O[C@]2(CC[C@@H](C)CO2)[C@H]4C)[C@@]2(C)CC[C@@H](NC(=O)CN(C(C)=O)[C@@H]3CC[C@@]4(C)[C@@H](CC[C@@H]5[C@@H]4CC(=O)[C@]4(C)[C@@H]6[C@H](C[C@@H]54)O[C@]4(CC[C@@H](C)CO4)[C@H]6C)C3)C[C@H]12. The van der Waals surface area contributed by atoms with E-state index in [-0.39, 0.29) is 94.1 Å². The van der Waals surface area contributed by atoms with Crippen LogP contribution in [-0.2, 0) is 42.9 Å². The lowest BCUT2D eigenvalue weighted by Gasteiger charge is -2.63. The van der Waals surface area contributed by atoms with Crippen molar-refractivity contribution in [1.82, 2.24) is 10.2 Å². The molecule has 1 N–H and O–H groups in total. The molecule has 0 aromatic carbocycles. The summed E-state index contributed by atoms with van der Waals surface area (Å²) in [4.78, 5) is 57.4. The van der Waals surface area contributed by atoms with Crippen LogP contribution in [0, 0.1) is 105 Å². The van der Waals surface area contributed by atoms with Gasteiger partial charge in [-0.25, -0.2) is 0 Å². The van der Waals surface area contributed by atoms with Crippen LogP contribution in [0.4, 0.5) is 0 Å². The van der Waals surface area contributed by atoms with Gasteiger partial charge in [-0.05, 0) is 172 Å². The fourth-order valence-corrected chi connectivity index (χ4v) is 21.9. The molecule has 4 heterocycles. The molecule has 8 aliphatic carbocycles. The minimum Gasteiger partial charge on any atom is -0.462 e. The predicted molar refractivity (Wildman–Crippen MR) is 268 cm³/mol. The second-order valence-corrected chi connectivity index (χ2v) is 28.5. The molecule has 4 saturated heterocycles. The second kappa shape index (κ2) is 17.2. The largest absolute Gasteiger partial charge is 0.462 e. The van der Waals surface area contributed by atoms with Gasteiger partial charge in [0.05, 0.1) is 32.0 Å². The smallest absolute Gasteiger partial charge is 0.302 e. The Morgan fingerprint density at radius 3 is 1.92 bits per heavy atom. The number of carbonyl (C=O) groups is 4. The standard InChI is InChI=1S/C60H92N2O9/c1-32-13-21-59(67-30-32)34(3)53-49(70-59)26-44-42-25-48(69-37(6)64)47-24-39(15-18-56(47,8)43(42)17-20-57(44,53)9)61-52(66)29-62(36(5)63)40-16-19-55(7)38(23-40)11-12-41-45(55)28-51(65)58(10)46(41)27-50-54(58)35(4)60(71-50)22-14-33(2)31-68-60/h32-35,38-50,53-54H,11-31H2,1-10H3,(H,61,66)/t32-,33-,34+,35+,38+,39-,40-,41-,42-,43+,44+,45+,46+,47-,48-,49+,50+,53+,54+,55+,56-,57+,58-,59-,60-/m1/s1. The van der Waals surface area contributed by atoms with E-state index in [1.165, 1.54) is 12.8 Å². The summed E-state index contributed by atoms with van der Waals surface area (Å²) < 4.78 is 33.6. The summed E-state index contributed by atoms with van der Waals surface area (Å²) in [5, 5.41) is 3.46. The number of hydrogen-bond donors (Lipinski definition) is 1. The van der Waals surface area contributed by atoms with Crippen molar-refractivity contribution in [2.75, 3.05) is 19.8 Å². The molecule has 396 valence electrons. The molecule has 2 spiro atoms. The minimum absolute atomic E-state index is 0.00880. The van der Waals surface area contributed by atoms with E-state index in [9.17, 15) is 19.2 Å². The molecule has 0 unspecified atom stereocenters. The summed E-state index contributed by atoms with van der Waals surface area (Å²) in [6, 6.07) is -0.0187. The molecule has 71 heavy (non-hydrogen) atoms. The number of esters is 1. The van der Waals surface area contributed by atoms with Crippen LogP contribution in [0.3, 0.4) is 0 Å². The first-order valence-electron chi connectivity index (χ1n) is 29.5. The van der Waals surface area contributed by atoms with Crippen LogP contribution < -0.4 is 5.32 Å². The second-order valence-electron chi connectivity index (χ2n) is 28.5. The van der Waals surface area contributed by atoms with Crippen molar-refractivity contribution < 1.29 is 42.9 Å². The monoisotopic (exact) mass is 985 g/mol. The Labute approximate surface area is 426 Å². The van der Waals surface area contributed by atoms with Gasteiger partial charge in [0, 0.05) is 74.3 Å². The highest BCUT2D eigenvalue weighted by Crippen LogP contribution is 2.73. The first-order chi connectivity index (χ1) is 33.6. The highest BCUT2D eigenvalue weighted by Gasteiger charge is 2.73. The van der Waals surface area contributed by atoms with Crippen molar-refractivity contribution in [3.63, 3.8) is 0 Å². The zero-order valence-corrected chi connectivity index (χ0v) is 45.4. The quantitative estimate of drug-likeness (QED) is 0.268. The van der Waals surface area contributed by atoms with Crippen LogP contribution >= 0.6 is 0 Å². The van der Waals surface area contributed by atoms with E-state index < -0.39 is 11.6 Å². The Bertz CT molecular complexity index is 2130. The highest BCUT2D eigenvalue weighted by atomic mass is 16.7. The Balaban J connectivity index is 0.688. The molecule has 0 aromatic rings. The number of nitrogens with one attached hydrogen (secondary N) is 1. The van der Waals surface area contributed by atoms with Gasteiger partial charge >= 0.3 is 5.97 Å². The van der Waals surface area contributed by atoms with Crippen LogP contribution in [0.2, 0.25) is 0 Å². The summed E-state index contributed by atoms with van der Waals surface area (Å²) in [7, 11) is 0. The van der Waals surface area contributed by atoms with E-state index in [2.05, 4.69) is 60.7 Å². The lowest BCUT2D eigenvalue weighted by atomic mass is 9.43. The average Bonchev–Trinajstić information content (AvgIpc) is 3.98. The first kappa shape index (κ1) is 49.8. The van der Waals surface area contributed by atoms with E-state index in [4.69, 9.17) is 23.7 Å².